The van der Waals surface area contributed by atoms with E-state index in [9.17, 15) is 17.6 Å². The summed E-state index contributed by atoms with van der Waals surface area (Å²) in [6, 6.07) is 14.1. The van der Waals surface area contributed by atoms with Crippen molar-refractivity contribution in [2.45, 2.75) is 49.6 Å². The molecule has 1 aromatic heterocycles. The minimum Gasteiger partial charge on any atom is -0.349 e. The first-order chi connectivity index (χ1) is 15.3. The monoisotopic (exact) mass is 455 g/mol. The molecule has 4 rings (SSSR count). The van der Waals surface area contributed by atoms with E-state index in [1.54, 1.807) is 42.6 Å². The van der Waals surface area contributed by atoms with Crippen molar-refractivity contribution in [3.8, 4) is 0 Å². The Labute approximate surface area is 187 Å². The molecule has 2 N–H and O–H groups in total. The molecule has 3 aromatic rings. The van der Waals surface area contributed by atoms with E-state index in [1.165, 1.54) is 12.1 Å². The van der Waals surface area contributed by atoms with Gasteiger partial charge in [-0.1, -0.05) is 18.2 Å². The molecular formula is C24H26FN3O3S. The number of carbonyl (C=O) groups excluding carboxylic acids is 1. The van der Waals surface area contributed by atoms with Crippen LogP contribution in [-0.4, -0.2) is 25.4 Å². The summed E-state index contributed by atoms with van der Waals surface area (Å²) >= 11 is 0. The van der Waals surface area contributed by atoms with Crippen molar-refractivity contribution in [1.29, 1.82) is 0 Å². The van der Waals surface area contributed by atoms with Crippen molar-refractivity contribution in [2.24, 2.45) is 5.92 Å². The summed E-state index contributed by atoms with van der Waals surface area (Å²) in [7, 11) is -3.66. The zero-order valence-corrected chi connectivity index (χ0v) is 18.6. The molecule has 1 fully saturated rings. The molecule has 1 amide bonds. The van der Waals surface area contributed by atoms with Gasteiger partial charge in [-0.3, -0.25) is 9.78 Å². The maximum Gasteiger partial charge on any atom is 0.240 e. The number of nitrogens with zero attached hydrogens (tertiary/aromatic N) is 1. The lowest BCUT2D eigenvalue weighted by atomic mass is 9.85. The number of benzene rings is 2. The number of halogens is 1. The second-order valence-electron chi connectivity index (χ2n) is 8.31. The topological polar surface area (TPSA) is 88.2 Å². The van der Waals surface area contributed by atoms with Crippen LogP contribution in [0.3, 0.4) is 0 Å². The standard InChI is InChI=1S/C24H26FN3O3S/c1-16(17-4-8-20(25)9-5-17)27-24(29)18-6-10-21(11-7-18)28-32(30,31)22-12-13-23-19(15-22)3-2-14-26-23/h2-5,8-9,12-16,18,21,28H,6-7,10-11H2,1H3,(H,27,29)/t16-,18?,21?/m1/s1. The third-order valence-corrected chi connectivity index (χ3v) is 7.55. The summed E-state index contributed by atoms with van der Waals surface area (Å²) in [4.78, 5) is 17.1. The molecule has 168 valence electrons. The highest BCUT2D eigenvalue weighted by molar-refractivity contribution is 7.89. The Morgan fingerprint density at radius 3 is 2.50 bits per heavy atom. The van der Waals surface area contributed by atoms with Crippen molar-refractivity contribution < 1.29 is 17.6 Å². The molecule has 8 heteroatoms. The average Bonchev–Trinajstić information content (AvgIpc) is 2.79. The first-order valence-electron chi connectivity index (χ1n) is 10.7. The minimum absolute atomic E-state index is 0.0508. The summed E-state index contributed by atoms with van der Waals surface area (Å²) in [5.74, 6) is -0.524. The smallest absolute Gasteiger partial charge is 0.240 e. The molecule has 0 radical (unpaired) electrons. The molecule has 2 aromatic carbocycles. The Hall–Kier alpha value is -2.84. The fourth-order valence-electron chi connectivity index (χ4n) is 4.15. The Morgan fingerprint density at radius 2 is 1.78 bits per heavy atom. The SMILES string of the molecule is C[C@@H](NC(=O)C1CCC(NS(=O)(=O)c2ccc3ncccc3c2)CC1)c1ccc(F)cc1. The first kappa shape index (κ1) is 22.4. The highest BCUT2D eigenvalue weighted by atomic mass is 32.2. The summed E-state index contributed by atoms with van der Waals surface area (Å²) in [6.07, 6.45) is 4.08. The van der Waals surface area contributed by atoms with E-state index in [1.807, 2.05) is 13.0 Å². The predicted octanol–water partition coefficient (Wildman–Crippen LogP) is 4.09. The predicted molar refractivity (Wildman–Crippen MR) is 121 cm³/mol. The fraction of sp³-hybridized carbons (Fsp3) is 0.333. The lowest BCUT2D eigenvalue weighted by Crippen LogP contribution is -2.41. The minimum atomic E-state index is -3.66. The summed E-state index contributed by atoms with van der Waals surface area (Å²) in [5.41, 5.74) is 1.58. The maximum absolute atomic E-state index is 13.1. The van der Waals surface area contributed by atoms with Gasteiger partial charge in [0.25, 0.3) is 0 Å². The number of carbonyl (C=O) groups is 1. The normalized spacial score (nSPS) is 20.1. The number of rotatable bonds is 6. The van der Waals surface area contributed by atoms with Gasteiger partial charge >= 0.3 is 0 Å². The lowest BCUT2D eigenvalue weighted by molar-refractivity contribution is -0.126. The van der Waals surface area contributed by atoms with E-state index in [0.29, 0.717) is 25.7 Å². The third-order valence-electron chi connectivity index (χ3n) is 6.03. The van der Waals surface area contributed by atoms with Gasteiger partial charge in [0, 0.05) is 23.5 Å². The quantitative estimate of drug-likeness (QED) is 0.586. The van der Waals surface area contributed by atoms with Crippen LogP contribution in [0.1, 0.15) is 44.2 Å². The largest absolute Gasteiger partial charge is 0.349 e. The number of amides is 1. The molecule has 32 heavy (non-hydrogen) atoms. The van der Waals surface area contributed by atoms with Gasteiger partial charge < -0.3 is 5.32 Å². The zero-order valence-electron chi connectivity index (χ0n) is 17.8. The van der Waals surface area contributed by atoms with E-state index in [4.69, 9.17) is 0 Å². The van der Waals surface area contributed by atoms with Crippen molar-refractivity contribution in [3.63, 3.8) is 0 Å². The summed E-state index contributed by atoms with van der Waals surface area (Å²) in [6.45, 7) is 1.87. The maximum atomic E-state index is 13.1. The van der Waals surface area contributed by atoms with Gasteiger partial charge in [0.1, 0.15) is 5.82 Å². The van der Waals surface area contributed by atoms with Gasteiger partial charge in [-0.2, -0.15) is 0 Å². The molecule has 1 aliphatic carbocycles. The van der Waals surface area contributed by atoms with Gasteiger partial charge in [0.05, 0.1) is 16.5 Å². The van der Waals surface area contributed by atoms with Crippen molar-refractivity contribution in [3.05, 3.63) is 72.2 Å². The van der Waals surface area contributed by atoms with Crippen LogP contribution in [0, 0.1) is 11.7 Å². The second-order valence-corrected chi connectivity index (χ2v) is 10.0. The molecule has 1 heterocycles. The van der Waals surface area contributed by atoms with E-state index < -0.39 is 10.0 Å². The number of nitrogens with one attached hydrogen (secondary N) is 2. The highest BCUT2D eigenvalue weighted by Crippen LogP contribution is 2.27. The Morgan fingerprint density at radius 1 is 1.06 bits per heavy atom. The third kappa shape index (κ3) is 5.14. The van der Waals surface area contributed by atoms with Crippen LogP contribution in [0.2, 0.25) is 0 Å². The van der Waals surface area contributed by atoms with E-state index in [0.717, 1.165) is 16.5 Å². The van der Waals surface area contributed by atoms with Crippen LogP contribution in [-0.2, 0) is 14.8 Å². The second kappa shape index (κ2) is 9.34. The highest BCUT2D eigenvalue weighted by Gasteiger charge is 2.29. The first-order valence-corrected chi connectivity index (χ1v) is 12.2. The molecule has 0 saturated heterocycles. The van der Waals surface area contributed by atoms with Crippen molar-refractivity contribution in [1.82, 2.24) is 15.0 Å². The average molecular weight is 456 g/mol. The molecule has 0 aliphatic heterocycles. The summed E-state index contributed by atoms with van der Waals surface area (Å²) in [5, 5.41) is 3.75. The summed E-state index contributed by atoms with van der Waals surface area (Å²) < 4.78 is 41.6. The molecule has 0 bridgehead atoms. The number of pyridine rings is 1. The van der Waals surface area contributed by atoms with Gasteiger partial charge in [0.15, 0.2) is 0 Å². The molecule has 1 aliphatic rings. The molecule has 1 atom stereocenters. The van der Waals surface area contributed by atoms with Crippen molar-refractivity contribution in [2.75, 3.05) is 0 Å². The van der Waals surface area contributed by atoms with Crippen LogP contribution in [0.15, 0.2) is 65.7 Å². The Balaban J connectivity index is 1.32. The molecule has 0 unspecified atom stereocenters. The number of sulfonamides is 1. The molecule has 0 spiro atoms. The fourth-order valence-corrected chi connectivity index (χ4v) is 5.49. The lowest BCUT2D eigenvalue weighted by Gasteiger charge is -2.29. The number of hydrogen-bond donors (Lipinski definition) is 2. The Kier molecular flexibility index (Phi) is 6.53. The number of fused-ring (bicyclic) bond motifs is 1. The molecule has 1 saturated carbocycles. The van der Waals surface area contributed by atoms with Crippen LogP contribution >= 0.6 is 0 Å². The molecular weight excluding hydrogens is 429 g/mol. The van der Waals surface area contributed by atoms with E-state index in [2.05, 4.69) is 15.0 Å². The van der Waals surface area contributed by atoms with Crippen LogP contribution < -0.4 is 10.0 Å². The van der Waals surface area contributed by atoms with Crippen LogP contribution in [0.4, 0.5) is 4.39 Å². The van der Waals surface area contributed by atoms with Crippen molar-refractivity contribution >= 4 is 26.8 Å². The number of hydrogen-bond acceptors (Lipinski definition) is 4. The van der Waals surface area contributed by atoms with Crippen LogP contribution in [0.5, 0.6) is 0 Å². The Bertz CT molecular complexity index is 1210. The van der Waals surface area contributed by atoms with E-state index in [-0.39, 0.29) is 34.6 Å². The van der Waals surface area contributed by atoms with Gasteiger partial charge in [-0.15, -0.1) is 0 Å². The van der Waals surface area contributed by atoms with Gasteiger partial charge in [-0.25, -0.2) is 17.5 Å². The zero-order chi connectivity index (χ0) is 22.7. The molecule has 6 nitrogen and oxygen atoms in total. The van der Waals surface area contributed by atoms with Gasteiger partial charge in [0.2, 0.25) is 15.9 Å². The van der Waals surface area contributed by atoms with E-state index >= 15 is 0 Å². The van der Waals surface area contributed by atoms with Gasteiger partial charge in [-0.05, 0) is 74.6 Å². The van der Waals surface area contributed by atoms with Crippen LogP contribution in [0.25, 0.3) is 10.9 Å². The number of aromatic nitrogens is 1.